The standard InChI is InChI=1S/C23H20Cl2N2O4/c24-17-5-2-8-20(11-17)30-14-22(28)26-13-16-4-1-7-19(10-16)27-23(29)15-31-21-9-3-6-18(25)12-21/h1-12H,13-15H2,(H,26,28)(H,27,29). The molecule has 3 aromatic rings. The fourth-order valence-electron chi connectivity index (χ4n) is 2.62. The van der Waals surface area contributed by atoms with Gasteiger partial charge in [0, 0.05) is 22.3 Å². The highest BCUT2D eigenvalue weighted by Gasteiger charge is 2.07. The summed E-state index contributed by atoms with van der Waals surface area (Å²) >= 11 is 11.8. The van der Waals surface area contributed by atoms with Crippen molar-refractivity contribution >= 4 is 40.7 Å². The number of rotatable bonds is 9. The first-order valence-electron chi connectivity index (χ1n) is 9.40. The van der Waals surface area contributed by atoms with Crippen LogP contribution < -0.4 is 20.1 Å². The fraction of sp³-hybridized carbons (Fsp3) is 0.130. The minimum atomic E-state index is -0.309. The number of hydrogen-bond acceptors (Lipinski definition) is 4. The minimum absolute atomic E-state index is 0.127. The Morgan fingerprint density at radius 3 is 1.94 bits per heavy atom. The molecule has 0 aliphatic carbocycles. The molecule has 0 unspecified atom stereocenters. The number of amides is 2. The molecule has 2 N–H and O–H groups in total. The summed E-state index contributed by atoms with van der Waals surface area (Å²) in [6, 6.07) is 20.8. The predicted octanol–water partition coefficient (Wildman–Crippen LogP) is 4.71. The molecular formula is C23H20Cl2N2O4. The average Bonchev–Trinajstić information content (AvgIpc) is 2.75. The maximum atomic E-state index is 12.1. The molecule has 0 saturated carbocycles. The third-order valence-electron chi connectivity index (χ3n) is 4.03. The summed E-state index contributed by atoms with van der Waals surface area (Å²) in [7, 11) is 0. The highest BCUT2D eigenvalue weighted by Crippen LogP contribution is 2.18. The molecule has 0 bridgehead atoms. The van der Waals surface area contributed by atoms with Crippen LogP contribution in [0.4, 0.5) is 5.69 Å². The molecule has 0 saturated heterocycles. The molecule has 6 nitrogen and oxygen atoms in total. The molecular weight excluding hydrogens is 439 g/mol. The summed E-state index contributed by atoms with van der Waals surface area (Å²) in [5.74, 6) is 0.451. The average molecular weight is 459 g/mol. The summed E-state index contributed by atoms with van der Waals surface area (Å²) in [4.78, 5) is 24.1. The second kappa shape index (κ2) is 11.2. The molecule has 0 fully saturated rings. The topological polar surface area (TPSA) is 76.7 Å². The number of carbonyl (C=O) groups is 2. The number of halogens is 2. The van der Waals surface area contributed by atoms with E-state index in [9.17, 15) is 9.59 Å². The molecule has 0 atom stereocenters. The van der Waals surface area contributed by atoms with E-state index in [1.807, 2.05) is 6.07 Å². The molecule has 8 heteroatoms. The summed E-state index contributed by atoms with van der Waals surface area (Å²) in [5, 5.41) is 6.60. The highest BCUT2D eigenvalue weighted by atomic mass is 35.5. The van der Waals surface area contributed by atoms with Crippen LogP contribution in [0.25, 0.3) is 0 Å². The first-order valence-corrected chi connectivity index (χ1v) is 10.2. The molecule has 0 aliphatic rings. The van der Waals surface area contributed by atoms with Crippen molar-refractivity contribution in [3.8, 4) is 11.5 Å². The van der Waals surface area contributed by atoms with Crippen LogP contribution in [-0.4, -0.2) is 25.0 Å². The number of hydrogen-bond donors (Lipinski definition) is 2. The molecule has 3 rings (SSSR count). The van der Waals surface area contributed by atoms with Gasteiger partial charge in [0.15, 0.2) is 13.2 Å². The Morgan fingerprint density at radius 2 is 1.32 bits per heavy atom. The van der Waals surface area contributed by atoms with Crippen molar-refractivity contribution in [1.82, 2.24) is 5.32 Å². The summed E-state index contributed by atoms with van der Waals surface area (Å²) in [6.07, 6.45) is 0. The van der Waals surface area contributed by atoms with Crippen LogP contribution in [0.15, 0.2) is 72.8 Å². The van der Waals surface area contributed by atoms with Crippen LogP contribution in [0, 0.1) is 0 Å². The lowest BCUT2D eigenvalue weighted by Crippen LogP contribution is -2.28. The fourth-order valence-corrected chi connectivity index (χ4v) is 2.98. The van der Waals surface area contributed by atoms with E-state index in [0.29, 0.717) is 33.8 Å². The number of nitrogens with one attached hydrogen (secondary N) is 2. The van der Waals surface area contributed by atoms with E-state index >= 15 is 0 Å². The largest absolute Gasteiger partial charge is 0.484 e. The number of carbonyl (C=O) groups excluding carboxylic acids is 2. The molecule has 160 valence electrons. The maximum absolute atomic E-state index is 12.1. The van der Waals surface area contributed by atoms with E-state index in [-0.39, 0.29) is 25.0 Å². The predicted molar refractivity (Wildman–Crippen MR) is 121 cm³/mol. The molecule has 2 amide bonds. The zero-order valence-electron chi connectivity index (χ0n) is 16.4. The Balaban J connectivity index is 1.43. The number of benzene rings is 3. The minimum Gasteiger partial charge on any atom is -0.484 e. The van der Waals surface area contributed by atoms with Crippen molar-refractivity contribution < 1.29 is 19.1 Å². The Morgan fingerprint density at radius 1 is 0.742 bits per heavy atom. The smallest absolute Gasteiger partial charge is 0.262 e. The van der Waals surface area contributed by atoms with Gasteiger partial charge in [0.05, 0.1) is 0 Å². The van der Waals surface area contributed by atoms with Gasteiger partial charge in [-0.2, -0.15) is 0 Å². The van der Waals surface area contributed by atoms with Gasteiger partial charge in [-0.15, -0.1) is 0 Å². The third-order valence-corrected chi connectivity index (χ3v) is 4.50. The van der Waals surface area contributed by atoms with Crippen molar-refractivity contribution in [3.63, 3.8) is 0 Å². The lowest BCUT2D eigenvalue weighted by molar-refractivity contribution is -0.123. The molecule has 0 aromatic heterocycles. The van der Waals surface area contributed by atoms with E-state index in [0.717, 1.165) is 5.56 Å². The quantitative estimate of drug-likeness (QED) is 0.486. The van der Waals surface area contributed by atoms with E-state index in [4.69, 9.17) is 32.7 Å². The monoisotopic (exact) mass is 458 g/mol. The Labute approximate surface area is 190 Å². The van der Waals surface area contributed by atoms with Gasteiger partial charge >= 0.3 is 0 Å². The Hall–Kier alpha value is -3.22. The van der Waals surface area contributed by atoms with Crippen LogP contribution in [0.2, 0.25) is 10.0 Å². The van der Waals surface area contributed by atoms with E-state index in [1.165, 1.54) is 0 Å². The van der Waals surface area contributed by atoms with Crippen molar-refractivity contribution in [2.45, 2.75) is 6.54 Å². The van der Waals surface area contributed by atoms with E-state index in [1.54, 1.807) is 66.7 Å². The zero-order valence-corrected chi connectivity index (χ0v) is 18.0. The third kappa shape index (κ3) is 7.85. The van der Waals surface area contributed by atoms with Crippen LogP contribution in [-0.2, 0) is 16.1 Å². The van der Waals surface area contributed by atoms with Crippen molar-refractivity contribution in [2.75, 3.05) is 18.5 Å². The number of anilines is 1. The molecule has 3 aromatic carbocycles. The van der Waals surface area contributed by atoms with Gasteiger partial charge in [0.1, 0.15) is 11.5 Å². The molecule has 0 spiro atoms. The van der Waals surface area contributed by atoms with Gasteiger partial charge in [-0.05, 0) is 54.1 Å². The molecule has 0 radical (unpaired) electrons. The first-order chi connectivity index (χ1) is 15.0. The SMILES string of the molecule is O=C(COc1cccc(Cl)c1)NCc1cccc(NC(=O)COc2cccc(Cl)c2)c1. The zero-order chi connectivity index (χ0) is 22.1. The van der Waals surface area contributed by atoms with Crippen LogP contribution >= 0.6 is 23.2 Å². The van der Waals surface area contributed by atoms with E-state index < -0.39 is 0 Å². The van der Waals surface area contributed by atoms with Crippen LogP contribution in [0.3, 0.4) is 0 Å². The highest BCUT2D eigenvalue weighted by molar-refractivity contribution is 6.31. The Kier molecular flexibility index (Phi) is 8.15. The van der Waals surface area contributed by atoms with Gasteiger partial charge in [-0.25, -0.2) is 0 Å². The lowest BCUT2D eigenvalue weighted by atomic mass is 10.2. The van der Waals surface area contributed by atoms with Gasteiger partial charge in [-0.1, -0.05) is 47.5 Å². The normalized spacial score (nSPS) is 10.3. The lowest BCUT2D eigenvalue weighted by Gasteiger charge is -2.10. The van der Waals surface area contributed by atoms with Gasteiger partial charge < -0.3 is 20.1 Å². The van der Waals surface area contributed by atoms with Crippen molar-refractivity contribution in [1.29, 1.82) is 0 Å². The second-order valence-corrected chi connectivity index (χ2v) is 7.39. The summed E-state index contributed by atoms with van der Waals surface area (Å²) in [5.41, 5.74) is 1.42. The first kappa shape index (κ1) is 22.5. The summed E-state index contributed by atoms with van der Waals surface area (Å²) < 4.78 is 10.8. The summed E-state index contributed by atoms with van der Waals surface area (Å²) in [6.45, 7) is 0.0141. The second-order valence-electron chi connectivity index (χ2n) is 6.52. The molecule has 0 aliphatic heterocycles. The number of ether oxygens (including phenoxy) is 2. The van der Waals surface area contributed by atoms with E-state index in [2.05, 4.69) is 10.6 Å². The van der Waals surface area contributed by atoms with Crippen molar-refractivity contribution in [3.05, 3.63) is 88.4 Å². The maximum Gasteiger partial charge on any atom is 0.262 e. The van der Waals surface area contributed by atoms with Gasteiger partial charge in [0.25, 0.3) is 11.8 Å². The molecule has 31 heavy (non-hydrogen) atoms. The van der Waals surface area contributed by atoms with Gasteiger partial charge in [-0.3, -0.25) is 9.59 Å². The Bertz CT molecular complexity index is 1060. The van der Waals surface area contributed by atoms with Crippen molar-refractivity contribution in [2.24, 2.45) is 0 Å². The molecule has 0 heterocycles. The van der Waals surface area contributed by atoms with Crippen LogP contribution in [0.1, 0.15) is 5.56 Å². The van der Waals surface area contributed by atoms with Gasteiger partial charge in [0.2, 0.25) is 0 Å². The van der Waals surface area contributed by atoms with Crippen LogP contribution in [0.5, 0.6) is 11.5 Å².